The Morgan fingerprint density at radius 3 is 2.60 bits per heavy atom. The van der Waals surface area contributed by atoms with Gasteiger partial charge in [-0.25, -0.2) is 0 Å². The van der Waals surface area contributed by atoms with Crippen molar-refractivity contribution in [2.24, 2.45) is 0 Å². The molecular formula is C14H19ClN2O3. The smallest absolute Gasteiger partial charge is 0.250 e. The van der Waals surface area contributed by atoms with Crippen LogP contribution >= 0.6 is 11.6 Å². The minimum atomic E-state index is -0.326. The fraction of sp³-hybridized carbons (Fsp3) is 0.429. The molecule has 110 valence electrons. The molecular weight excluding hydrogens is 280 g/mol. The molecule has 0 fully saturated rings. The van der Waals surface area contributed by atoms with E-state index in [0.29, 0.717) is 17.3 Å². The van der Waals surface area contributed by atoms with Gasteiger partial charge in [-0.1, -0.05) is 24.6 Å². The molecule has 5 nitrogen and oxygen atoms in total. The molecule has 6 heteroatoms. The number of rotatable bonds is 7. The van der Waals surface area contributed by atoms with E-state index in [0.717, 1.165) is 12.0 Å². The summed E-state index contributed by atoms with van der Waals surface area (Å²) in [6, 6.07) is 5.24. The van der Waals surface area contributed by atoms with E-state index in [1.807, 2.05) is 19.9 Å². The van der Waals surface area contributed by atoms with Crippen LogP contribution in [0.25, 0.3) is 0 Å². The Morgan fingerprint density at radius 2 is 1.95 bits per heavy atom. The molecule has 20 heavy (non-hydrogen) atoms. The van der Waals surface area contributed by atoms with Crippen molar-refractivity contribution < 1.29 is 14.3 Å². The molecule has 1 aromatic rings. The largest absolute Gasteiger partial charge is 0.362 e. The van der Waals surface area contributed by atoms with Gasteiger partial charge in [0, 0.05) is 17.3 Å². The van der Waals surface area contributed by atoms with Crippen molar-refractivity contribution in [2.75, 3.05) is 25.1 Å². The molecule has 1 rings (SSSR count). The molecule has 0 saturated heterocycles. The van der Waals surface area contributed by atoms with Crippen LogP contribution in [-0.4, -0.2) is 31.6 Å². The van der Waals surface area contributed by atoms with E-state index in [9.17, 15) is 9.59 Å². The highest BCUT2D eigenvalue weighted by molar-refractivity contribution is 6.31. The Hall–Kier alpha value is -1.59. The molecule has 2 N–H and O–H groups in total. The number of halogens is 1. The minimum Gasteiger partial charge on any atom is -0.362 e. The average Bonchev–Trinajstić information content (AvgIpc) is 2.40. The lowest BCUT2D eigenvalue weighted by molar-refractivity contribution is -0.128. The van der Waals surface area contributed by atoms with Crippen molar-refractivity contribution in [1.29, 1.82) is 0 Å². The molecule has 0 aliphatic carbocycles. The van der Waals surface area contributed by atoms with Crippen molar-refractivity contribution in [3.8, 4) is 0 Å². The number of carbonyl (C=O) groups excluding carboxylic acids is 2. The molecule has 2 amide bonds. The van der Waals surface area contributed by atoms with Crippen LogP contribution in [0, 0.1) is 6.92 Å². The highest BCUT2D eigenvalue weighted by atomic mass is 35.5. The molecule has 0 unspecified atom stereocenters. The Balaban J connectivity index is 2.29. The van der Waals surface area contributed by atoms with Gasteiger partial charge in [0.1, 0.15) is 13.2 Å². The standard InChI is InChI=1S/C14H19ClN2O3/c1-3-6-16-13(18)8-20-9-14(19)17-11-5-4-10(2)12(15)7-11/h4-5,7H,3,6,8-9H2,1-2H3,(H,16,18)(H,17,19). The zero-order chi connectivity index (χ0) is 15.0. The zero-order valence-electron chi connectivity index (χ0n) is 11.7. The van der Waals surface area contributed by atoms with E-state index in [2.05, 4.69) is 10.6 Å². The summed E-state index contributed by atoms with van der Waals surface area (Å²) in [5.41, 5.74) is 1.54. The third-order valence-electron chi connectivity index (χ3n) is 2.49. The van der Waals surface area contributed by atoms with Gasteiger partial charge in [0.2, 0.25) is 11.8 Å². The monoisotopic (exact) mass is 298 g/mol. The van der Waals surface area contributed by atoms with E-state index in [4.69, 9.17) is 16.3 Å². The Morgan fingerprint density at radius 1 is 1.25 bits per heavy atom. The summed E-state index contributed by atoms with van der Waals surface area (Å²) in [4.78, 5) is 22.8. The summed E-state index contributed by atoms with van der Waals surface area (Å²) in [7, 11) is 0. The first kappa shape index (κ1) is 16.5. The number of nitrogens with one attached hydrogen (secondary N) is 2. The second kappa shape index (κ2) is 8.55. The fourth-order valence-corrected chi connectivity index (χ4v) is 1.60. The summed E-state index contributed by atoms with van der Waals surface area (Å²) in [6.07, 6.45) is 0.862. The highest BCUT2D eigenvalue weighted by Gasteiger charge is 2.06. The van der Waals surface area contributed by atoms with E-state index in [-0.39, 0.29) is 25.0 Å². The molecule has 0 aliphatic heterocycles. The summed E-state index contributed by atoms with van der Waals surface area (Å²) in [5.74, 6) is -0.550. The van der Waals surface area contributed by atoms with Crippen LogP contribution in [0.1, 0.15) is 18.9 Å². The summed E-state index contributed by atoms with van der Waals surface area (Å²) < 4.78 is 5.02. The third-order valence-corrected chi connectivity index (χ3v) is 2.90. The number of hydrogen-bond donors (Lipinski definition) is 2. The molecule has 1 aromatic carbocycles. The molecule has 0 bridgehead atoms. The maximum absolute atomic E-state index is 11.6. The van der Waals surface area contributed by atoms with Gasteiger partial charge in [0.25, 0.3) is 0 Å². The minimum absolute atomic E-state index is 0.123. The number of carbonyl (C=O) groups is 2. The lowest BCUT2D eigenvalue weighted by Crippen LogP contribution is -2.30. The molecule has 0 aliphatic rings. The number of aryl methyl sites for hydroxylation is 1. The van der Waals surface area contributed by atoms with E-state index < -0.39 is 0 Å². The maximum atomic E-state index is 11.6. The number of ether oxygens (including phenoxy) is 1. The van der Waals surface area contributed by atoms with Crippen LogP contribution in [0.2, 0.25) is 5.02 Å². The van der Waals surface area contributed by atoms with E-state index in [1.165, 1.54) is 0 Å². The first-order valence-corrected chi connectivity index (χ1v) is 6.81. The topological polar surface area (TPSA) is 67.4 Å². The summed E-state index contributed by atoms with van der Waals surface area (Å²) in [6.45, 7) is 4.15. The Kier molecular flexibility index (Phi) is 7.04. The number of amides is 2. The average molecular weight is 299 g/mol. The summed E-state index contributed by atoms with van der Waals surface area (Å²) in [5, 5.41) is 5.89. The van der Waals surface area contributed by atoms with Crippen molar-refractivity contribution in [3.05, 3.63) is 28.8 Å². The maximum Gasteiger partial charge on any atom is 0.250 e. The summed E-state index contributed by atoms with van der Waals surface area (Å²) >= 11 is 5.96. The molecule has 0 aromatic heterocycles. The van der Waals surface area contributed by atoms with Crippen molar-refractivity contribution in [3.63, 3.8) is 0 Å². The van der Waals surface area contributed by atoms with Crippen LogP contribution < -0.4 is 10.6 Å². The van der Waals surface area contributed by atoms with Crippen molar-refractivity contribution >= 4 is 29.1 Å². The first-order chi connectivity index (χ1) is 9.52. The second-order valence-corrected chi connectivity index (χ2v) is 4.76. The van der Waals surface area contributed by atoms with Crippen molar-refractivity contribution in [2.45, 2.75) is 20.3 Å². The third kappa shape index (κ3) is 6.04. The normalized spacial score (nSPS) is 10.2. The number of hydrogen-bond acceptors (Lipinski definition) is 3. The molecule has 0 saturated carbocycles. The lowest BCUT2D eigenvalue weighted by atomic mass is 10.2. The predicted molar refractivity (Wildman–Crippen MR) is 78.9 cm³/mol. The number of anilines is 1. The van der Waals surface area contributed by atoms with Gasteiger partial charge >= 0.3 is 0 Å². The van der Waals surface area contributed by atoms with E-state index >= 15 is 0 Å². The second-order valence-electron chi connectivity index (χ2n) is 4.35. The van der Waals surface area contributed by atoms with Gasteiger partial charge in [-0.05, 0) is 31.0 Å². The lowest BCUT2D eigenvalue weighted by Gasteiger charge is -2.08. The fourth-order valence-electron chi connectivity index (χ4n) is 1.42. The Labute approximate surface area is 123 Å². The predicted octanol–water partition coefficient (Wildman–Crippen LogP) is 2.13. The van der Waals surface area contributed by atoms with Crippen LogP contribution in [0.5, 0.6) is 0 Å². The Bertz CT molecular complexity index is 477. The van der Waals surface area contributed by atoms with Crippen LogP contribution in [0.4, 0.5) is 5.69 Å². The van der Waals surface area contributed by atoms with Gasteiger partial charge in [0.15, 0.2) is 0 Å². The highest BCUT2D eigenvalue weighted by Crippen LogP contribution is 2.19. The SMILES string of the molecule is CCCNC(=O)COCC(=O)Nc1ccc(C)c(Cl)c1. The van der Waals surface area contributed by atoms with Gasteiger partial charge in [0.05, 0.1) is 0 Å². The van der Waals surface area contributed by atoms with Gasteiger partial charge in [-0.3, -0.25) is 9.59 Å². The van der Waals surface area contributed by atoms with Crippen LogP contribution in [0.3, 0.4) is 0 Å². The molecule has 0 heterocycles. The number of benzene rings is 1. The van der Waals surface area contributed by atoms with Gasteiger partial charge in [-0.2, -0.15) is 0 Å². The quantitative estimate of drug-likeness (QED) is 0.810. The zero-order valence-corrected chi connectivity index (χ0v) is 12.4. The van der Waals surface area contributed by atoms with Crippen LogP contribution in [0.15, 0.2) is 18.2 Å². The molecule has 0 radical (unpaired) electrons. The van der Waals surface area contributed by atoms with E-state index in [1.54, 1.807) is 12.1 Å². The van der Waals surface area contributed by atoms with Gasteiger partial charge in [-0.15, -0.1) is 0 Å². The van der Waals surface area contributed by atoms with Crippen LogP contribution in [-0.2, 0) is 14.3 Å². The van der Waals surface area contributed by atoms with Gasteiger partial charge < -0.3 is 15.4 Å². The van der Waals surface area contributed by atoms with Crippen molar-refractivity contribution in [1.82, 2.24) is 5.32 Å². The molecule has 0 atom stereocenters. The molecule has 0 spiro atoms. The first-order valence-electron chi connectivity index (χ1n) is 6.43.